The molecule has 0 bridgehead atoms. The van der Waals surface area contributed by atoms with E-state index in [-0.39, 0.29) is 0 Å². The Kier molecular flexibility index (Phi) is 3.23. The predicted octanol–water partition coefficient (Wildman–Crippen LogP) is 3.23. The lowest BCUT2D eigenvalue weighted by Gasteiger charge is -1.98. The van der Waals surface area contributed by atoms with Crippen LogP contribution in [0.5, 0.6) is 0 Å². The molecule has 0 radical (unpaired) electrons. The number of halogens is 1. The summed E-state index contributed by atoms with van der Waals surface area (Å²) in [6.45, 7) is 0. The van der Waals surface area contributed by atoms with Crippen LogP contribution in [0.25, 0.3) is 17.1 Å². The maximum atomic E-state index is 5.77. The first kappa shape index (κ1) is 10.5. The first-order valence-electron chi connectivity index (χ1n) is 4.49. The van der Waals surface area contributed by atoms with Crippen LogP contribution in [0.2, 0.25) is 5.15 Å². The Morgan fingerprint density at radius 3 is 3.00 bits per heavy atom. The number of hydrogen-bond acceptors (Lipinski definition) is 3. The second-order valence-electron chi connectivity index (χ2n) is 3.03. The summed E-state index contributed by atoms with van der Waals surface area (Å²) >= 11 is 9.88. The molecule has 4 heteroatoms. The first-order valence-corrected chi connectivity index (χ1v) is 5.50. The van der Waals surface area contributed by atoms with E-state index in [0.29, 0.717) is 5.15 Å². The third-order valence-electron chi connectivity index (χ3n) is 1.95. The molecular weight excluding hydrogens is 228 g/mol. The molecule has 0 fully saturated rings. The Balaban J connectivity index is 2.49. The van der Waals surface area contributed by atoms with E-state index < -0.39 is 0 Å². The quantitative estimate of drug-likeness (QED) is 0.811. The van der Waals surface area contributed by atoms with Gasteiger partial charge in [-0.15, -0.1) is 0 Å². The van der Waals surface area contributed by atoms with E-state index in [2.05, 4.69) is 22.6 Å². The van der Waals surface area contributed by atoms with Gasteiger partial charge >= 0.3 is 0 Å². The van der Waals surface area contributed by atoms with Crippen molar-refractivity contribution in [2.24, 2.45) is 0 Å². The van der Waals surface area contributed by atoms with Crippen molar-refractivity contribution < 1.29 is 0 Å². The van der Waals surface area contributed by atoms with Gasteiger partial charge in [0, 0.05) is 5.75 Å². The molecule has 2 aromatic rings. The van der Waals surface area contributed by atoms with Crippen molar-refractivity contribution in [1.29, 1.82) is 0 Å². The van der Waals surface area contributed by atoms with Crippen molar-refractivity contribution >= 4 is 41.3 Å². The standard InChI is InChI=1S/C11H9ClN2S/c12-11-7-13-9-4-3-8(2-1-5-15)6-10(9)14-11/h1-4,6-7,15H,5H2. The van der Waals surface area contributed by atoms with Crippen molar-refractivity contribution in [3.8, 4) is 0 Å². The van der Waals surface area contributed by atoms with Gasteiger partial charge in [-0.25, -0.2) is 4.98 Å². The molecule has 0 aliphatic heterocycles. The fourth-order valence-electron chi connectivity index (χ4n) is 1.30. The van der Waals surface area contributed by atoms with Crippen molar-refractivity contribution in [1.82, 2.24) is 9.97 Å². The smallest absolute Gasteiger partial charge is 0.148 e. The minimum atomic E-state index is 0.415. The molecule has 15 heavy (non-hydrogen) atoms. The van der Waals surface area contributed by atoms with Gasteiger partial charge in [0.05, 0.1) is 17.2 Å². The van der Waals surface area contributed by atoms with Gasteiger partial charge in [0.1, 0.15) is 5.15 Å². The minimum Gasteiger partial charge on any atom is -0.251 e. The molecule has 0 unspecified atom stereocenters. The number of hydrogen-bond donors (Lipinski definition) is 1. The monoisotopic (exact) mass is 236 g/mol. The van der Waals surface area contributed by atoms with E-state index in [1.807, 2.05) is 30.4 Å². The highest BCUT2D eigenvalue weighted by Gasteiger charge is 1.97. The van der Waals surface area contributed by atoms with Crippen molar-refractivity contribution in [3.63, 3.8) is 0 Å². The molecule has 0 aliphatic carbocycles. The van der Waals surface area contributed by atoms with Crippen LogP contribution in [-0.4, -0.2) is 15.7 Å². The third kappa shape index (κ3) is 2.49. The van der Waals surface area contributed by atoms with Crippen molar-refractivity contribution in [3.05, 3.63) is 41.2 Å². The molecule has 0 amide bonds. The average molecular weight is 237 g/mol. The maximum Gasteiger partial charge on any atom is 0.148 e. The Labute approximate surface area is 98.4 Å². The van der Waals surface area contributed by atoms with Crippen LogP contribution >= 0.6 is 24.2 Å². The highest BCUT2D eigenvalue weighted by molar-refractivity contribution is 7.80. The number of aromatic nitrogens is 2. The highest BCUT2D eigenvalue weighted by atomic mass is 35.5. The van der Waals surface area contributed by atoms with Gasteiger partial charge in [-0.05, 0) is 17.7 Å². The number of nitrogens with zero attached hydrogens (tertiary/aromatic N) is 2. The summed E-state index contributed by atoms with van der Waals surface area (Å²) in [6.07, 6.45) is 5.52. The van der Waals surface area contributed by atoms with Crippen LogP contribution in [0.1, 0.15) is 5.56 Å². The van der Waals surface area contributed by atoms with Crippen LogP contribution in [0, 0.1) is 0 Å². The second-order valence-corrected chi connectivity index (χ2v) is 3.78. The van der Waals surface area contributed by atoms with E-state index in [0.717, 1.165) is 22.3 Å². The fourth-order valence-corrected chi connectivity index (χ4v) is 1.54. The lowest BCUT2D eigenvalue weighted by molar-refractivity contribution is 1.29. The summed E-state index contributed by atoms with van der Waals surface area (Å²) in [4.78, 5) is 8.36. The SMILES string of the molecule is SCC=Cc1ccc2ncc(Cl)nc2c1. The lowest BCUT2D eigenvalue weighted by Crippen LogP contribution is -1.84. The van der Waals surface area contributed by atoms with Crippen LogP contribution in [-0.2, 0) is 0 Å². The molecule has 1 aromatic carbocycles. The maximum absolute atomic E-state index is 5.77. The van der Waals surface area contributed by atoms with Crippen molar-refractivity contribution in [2.45, 2.75) is 0 Å². The zero-order chi connectivity index (χ0) is 10.7. The molecule has 0 aliphatic rings. The highest BCUT2D eigenvalue weighted by Crippen LogP contribution is 2.15. The summed E-state index contributed by atoms with van der Waals surface area (Å²) in [7, 11) is 0. The van der Waals surface area contributed by atoms with Gasteiger partial charge in [-0.3, -0.25) is 4.98 Å². The first-order chi connectivity index (χ1) is 7.29. The number of rotatable bonds is 2. The summed E-state index contributed by atoms with van der Waals surface area (Å²) in [5.41, 5.74) is 2.74. The topological polar surface area (TPSA) is 25.8 Å². The Morgan fingerprint density at radius 2 is 2.20 bits per heavy atom. The number of benzene rings is 1. The van der Waals surface area contributed by atoms with E-state index >= 15 is 0 Å². The normalized spacial score (nSPS) is 11.3. The van der Waals surface area contributed by atoms with Crippen molar-refractivity contribution in [2.75, 3.05) is 5.75 Å². The van der Waals surface area contributed by atoms with Crippen LogP contribution in [0.15, 0.2) is 30.5 Å². The molecule has 0 saturated heterocycles. The van der Waals surface area contributed by atoms with Gasteiger partial charge in [0.15, 0.2) is 0 Å². The molecule has 0 atom stereocenters. The Bertz CT molecular complexity index is 511. The molecule has 76 valence electrons. The van der Waals surface area contributed by atoms with Crippen LogP contribution in [0.4, 0.5) is 0 Å². The summed E-state index contributed by atoms with van der Waals surface area (Å²) in [5.74, 6) is 0.721. The second kappa shape index (κ2) is 4.64. The van der Waals surface area contributed by atoms with Gasteiger partial charge in [-0.1, -0.05) is 29.8 Å². The molecule has 1 heterocycles. The molecule has 1 aromatic heterocycles. The lowest BCUT2D eigenvalue weighted by atomic mass is 10.2. The zero-order valence-corrected chi connectivity index (χ0v) is 9.54. The molecule has 2 rings (SSSR count). The van der Waals surface area contributed by atoms with E-state index in [9.17, 15) is 0 Å². The minimum absolute atomic E-state index is 0.415. The number of fused-ring (bicyclic) bond motifs is 1. The van der Waals surface area contributed by atoms with Gasteiger partial charge in [0.25, 0.3) is 0 Å². The van der Waals surface area contributed by atoms with Gasteiger partial charge in [0.2, 0.25) is 0 Å². The van der Waals surface area contributed by atoms with Gasteiger partial charge in [-0.2, -0.15) is 12.6 Å². The molecule has 2 nitrogen and oxygen atoms in total. The zero-order valence-electron chi connectivity index (χ0n) is 7.89. The van der Waals surface area contributed by atoms with E-state index in [1.165, 1.54) is 0 Å². The summed E-state index contributed by atoms with van der Waals surface area (Å²) in [6, 6.07) is 5.87. The molecule has 0 spiro atoms. The largest absolute Gasteiger partial charge is 0.251 e. The van der Waals surface area contributed by atoms with E-state index in [1.54, 1.807) is 6.20 Å². The predicted molar refractivity (Wildman–Crippen MR) is 67.4 cm³/mol. The fraction of sp³-hybridized carbons (Fsp3) is 0.0909. The average Bonchev–Trinajstić information content (AvgIpc) is 2.25. The van der Waals surface area contributed by atoms with Crippen LogP contribution < -0.4 is 0 Å². The summed E-state index contributed by atoms with van der Waals surface area (Å²) in [5, 5.41) is 0.415. The molecular formula is C11H9ClN2S. The molecule has 0 N–H and O–H groups in total. The molecule has 0 saturated carbocycles. The summed E-state index contributed by atoms with van der Waals surface area (Å²) < 4.78 is 0. The number of thiol groups is 1. The Hall–Kier alpha value is -1.06. The van der Waals surface area contributed by atoms with E-state index in [4.69, 9.17) is 11.6 Å². The van der Waals surface area contributed by atoms with Gasteiger partial charge < -0.3 is 0 Å². The third-order valence-corrected chi connectivity index (χ3v) is 2.35. The Morgan fingerprint density at radius 1 is 1.33 bits per heavy atom. The van der Waals surface area contributed by atoms with Crippen LogP contribution in [0.3, 0.4) is 0 Å².